The molecule has 0 atom stereocenters. The van der Waals surface area contributed by atoms with Crippen LogP contribution in [0.25, 0.3) is 6.08 Å². The Labute approximate surface area is 159 Å². The SMILES string of the molecule is Cc1ccccc1C(=O)NN1C(=O)/C(=C/c2ccccc2Cl)SC1=S. The minimum atomic E-state index is -0.381. The van der Waals surface area contributed by atoms with Gasteiger partial charge in [-0.25, -0.2) is 0 Å². The third-order valence-electron chi connectivity index (χ3n) is 3.59. The van der Waals surface area contributed by atoms with Gasteiger partial charge in [0.1, 0.15) is 0 Å². The molecule has 0 saturated carbocycles. The molecule has 126 valence electrons. The van der Waals surface area contributed by atoms with Crippen molar-refractivity contribution in [1.82, 2.24) is 10.4 Å². The molecule has 4 nitrogen and oxygen atoms in total. The molecule has 2 aromatic carbocycles. The second kappa shape index (κ2) is 7.39. The van der Waals surface area contributed by atoms with Gasteiger partial charge in [0.25, 0.3) is 11.8 Å². The Hall–Kier alpha value is -2.15. The summed E-state index contributed by atoms with van der Waals surface area (Å²) < 4.78 is 0.269. The Kier molecular flexibility index (Phi) is 5.22. The molecule has 0 radical (unpaired) electrons. The summed E-state index contributed by atoms with van der Waals surface area (Å²) in [6, 6.07) is 14.3. The van der Waals surface area contributed by atoms with Gasteiger partial charge in [0, 0.05) is 10.6 Å². The van der Waals surface area contributed by atoms with Crippen molar-refractivity contribution in [3.05, 3.63) is 75.1 Å². The Balaban J connectivity index is 1.81. The standard InChI is InChI=1S/C18H13ClN2O2S2/c1-11-6-2-4-8-13(11)16(22)20-21-17(23)15(25-18(21)24)10-12-7-3-5-9-14(12)19/h2-10H,1H3,(H,20,22)/b15-10-. The number of hydrogen-bond donors (Lipinski definition) is 1. The molecule has 0 aliphatic carbocycles. The van der Waals surface area contributed by atoms with Gasteiger partial charge in [-0.15, -0.1) is 0 Å². The number of carbonyl (C=O) groups excluding carboxylic acids is 2. The largest absolute Gasteiger partial charge is 0.285 e. The van der Waals surface area contributed by atoms with Crippen LogP contribution in [0, 0.1) is 6.92 Å². The summed E-state index contributed by atoms with van der Waals surface area (Å²) in [7, 11) is 0. The minimum absolute atomic E-state index is 0.269. The first kappa shape index (κ1) is 17.7. The predicted octanol–water partition coefficient (Wildman–Crippen LogP) is 4.19. The van der Waals surface area contributed by atoms with E-state index < -0.39 is 0 Å². The van der Waals surface area contributed by atoms with Crippen LogP contribution in [0.2, 0.25) is 5.02 Å². The summed E-state index contributed by atoms with van der Waals surface area (Å²) >= 11 is 12.5. The van der Waals surface area contributed by atoms with Gasteiger partial charge in [-0.1, -0.05) is 59.8 Å². The van der Waals surface area contributed by atoms with Crippen molar-refractivity contribution < 1.29 is 9.59 Å². The van der Waals surface area contributed by atoms with Crippen LogP contribution in [0.15, 0.2) is 53.4 Å². The van der Waals surface area contributed by atoms with Crippen molar-refractivity contribution in [2.24, 2.45) is 0 Å². The lowest BCUT2D eigenvalue weighted by Gasteiger charge is -2.16. The Morgan fingerprint density at radius 3 is 2.60 bits per heavy atom. The highest BCUT2D eigenvalue weighted by molar-refractivity contribution is 8.26. The van der Waals surface area contributed by atoms with Gasteiger partial charge in [0.05, 0.1) is 4.91 Å². The molecule has 2 aromatic rings. The van der Waals surface area contributed by atoms with Crippen molar-refractivity contribution in [3.63, 3.8) is 0 Å². The number of thiocarbonyl (C=S) groups is 1. The van der Waals surface area contributed by atoms with E-state index in [1.54, 1.807) is 30.3 Å². The number of carbonyl (C=O) groups is 2. The van der Waals surface area contributed by atoms with Gasteiger partial charge in [0.15, 0.2) is 4.32 Å². The second-order valence-corrected chi connectivity index (χ2v) is 7.38. The van der Waals surface area contributed by atoms with Gasteiger partial charge < -0.3 is 0 Å². The van der Waals surface area contributed by atoms with E-state index in [0.29, 0.717) is 15.5 Å². The van der Waals surface area contributed by atoms with E-state index in [-0.39, 0.29) is 16.1 Å². The quantitative estimate of drug-likeness (QED) is 0.632. The average molecular weight is 389 g/mol. The molecule has 1 N–H and O–H groups in total. The summed E-state index contributed by atoms with van der Waals surface area (Å²) in [5, 5.41) is 1.63. The Bertz CT molecular complexity index is 911. The topological polar surface area (TPSA) is 49.4 Å². The van der Waals surface area contributed by atoms with E-state index in [1.807, 2.05) is 31.2 Å². The predicted molar refractivity (Wildman–Crippen MR) is 105 cm³/mol. The van der Waals surface area contributed by atoms with Crippen molar-refractivity contribution in [3.8, 4) is 0 Å². The van der Waals surface area contributed by atoms with Crippen molar-refractivity contribution in [1.29, 1.82) is 0 Å². The average Bonchev–Trinajstić information content (AvgIpc) is 2.85. The van der Waals surface area contributed by atoms with Crippen molar-refractivity contribution >= 4 is 57.8 Å². The highest BCUT2D eigenvalue weighted by Gasteiger charge is 2.34. The fourth-order valence-corrected chi connectivity index (χ4v) is 3.65. The third-order valence-corrected chi connectivity index (χ3v) is 5.23. The number of thioether (sulfide) groups is 1. The number of nitrogens with zero attached hydrogens (tertiary/aromatic N) is 1. The van der Waals surface area contributed by atoms with Gasteiger partial charge >= 0.3 is 0 Å². The van der Waals surface area contributed by atoms with Gasteiger partial charge in [-0.05, 0) is 48.5 Å². The van der Waals surface area contributed by atoms with Crippen LogP contribution in [-0.4, -0.2) is 21.1 Å². The first-order valence-corrected chi connectivity index (χ1v) is 8.97. The summed E-state index contributed by atoms with van der Waals surface area (Å²) in [4.78, 5) is 25.4. The molecule has 1 saturated heterocycles. The monoisotopic (exact) mass is 388 g/mol. The van der Waals surface area contributed by atoms with E-state index in [4.69, 9.17) is 23.8 Å². The van der Waals surface area contributed by atoms with E-state index >= 15 is 0 Å². The molecule has 0 aromatic heterocycles. The molecular weight excluding hydrogens is 376 g/mol. The number of aryl methyl sites for hydroxylation is 1. The molecule has 25 heavy (non-hydrogen) atoms. The lowest BCUT2D eigenvalue weighted by molar-refractivity contribution is -0.123. The molecule has 1 heterocycles. The fraction of sp³-hybridized carbons (Fsp3) is 0.0556. The van der Waals surface area contributed by atoms with Crippen molar-refractivity contribution in [2.75, 3.05) is 0 Å². The molecule has 1 fully saturated rings. The maximum atomic E-state index is 12.6. The first-order chi connectivity index (χ1) is 12.0. The molecule has 1 aliphatic heterocycles. The second-order valence-electron chi connectivity index (χ2n) is 5.29. The van der Waals surface area contributed by atoms with Crippen LogP contribution >= 0.6 is 35.6 Å². The highest BCUT2D eigenvalue weighted by atomic mass is 35.5. The zero-order chi connectivity index (χ0) is 18.0. The number of nitrogens with one attached hydrogen (secondary N) is 1. The zero-order valence-electron chi connectivity index (χ0n) is 13.2. The molecule has 3 rings (SSSR count). The summed E-state index contributed by atoms with van der Waals surface area (Å²) in [5.74, 6) is -0.759. The van der Waals surface area contributed by atoms with Crippen LogP contribution in [-0.2, 0) is 4.79 Å². The molecular formula is C18H13ClN2O2S2. The van der Waals surface area contributed by atoms with Crippen LogP contribution in [0.5, 0.6) is 0 Å². The first-order valence-electron chi connectivity index (χ1n) is 7.36. The number of hydrazine groups is 1. The Morgan fingerprint density at radius 2 is 1.88 bits per heavy atom. The fourth-order valence-electron chi connectivity index (χ4n) is 2.29. The number of amides is 2. The van der Waals surface area contributed by atoms with Crippen LogP contribution in [0.3, 0.4) is 0 Å². The van der Waals surface area contributed by atoms with Gasteiger partial charge in [0.2, 0.25) is 0 Å². The zero-order valence-corrected chi connectivity index (χ0v) is 15.5. The lowest BCUT2D eigenvalue weighted by atomic mass is 10.1. The van der Waals surface area contributed by atoms with Crippen LogP contribution in [0.4, 0.5) is 0 Å². The van der Waals surface area contributed by atoms with Crippen LogP contribution in [0.1, 0.15) is 21.5 Å². The lowest BCUT2D eigenvalue weighted by Crippen LogP contribution is -2.45. The molecule has 1 aliphatic rings. The summed E-state index contributed by atoms with van der Waals surface area (Å²) in [5.41, 5.74) is 4.60. The van der Waals surface area contributed by atoms with Gasteiger partial charge in [-0.3, -0.25) is 15.0 Å². The maximum absolute atomic E-state index is 12.6. The maximum Gasteiger partial charge on any atom is 0.285 e. The third kappa shape index (κ3) is 3.76. The Morgan fingerprint density at radius 1 is 1.20 bits per heavy atom. The number of rotatable bonds is 3. The van der Waals surface area contributed by atoms with E-state index in [0.717, 1.165) is 27.9 Å². The minimum Gasteiger partial charge on any atom is -0.267 e. The normalized spacial score (nSPS) is 15.8. The van der Waals surface area contributed by atoms with E-state index in [9.17, 15) is 9.59 Å². The number of benzene rings is 2. The van der Waals surface area contributed by atoms with Gasteiger partial charge in [-0.2, -0.15) is 5.01 Å². The number of hydrogen-bond acceptors (Lipinski definition) is 4. The van der Waals surface area contributed by atoms with Crippen LogP contribution < -0.4 is 5.43 Å². The summed E-state index contributed by atoms with van der Waals surface area (Å²) in [6.07, 6.45) is 1.67. The molecule has 0 bridgehead atoms. The van der Waals surface area contributed by atoms with E-state index in [2.05, 4.69) is 5.43 Å². The molecule has 0 unspecified atom stereocenters. The summed E-state index contributed by atoms with van der Waals surface area (Å²) in [6.45, 7) is 1.83. The van der Waals surface area contributed by atoms with Crippen molar-refractivity contribution in [2.45, 2.75) is 6.92 Å². The highest BCUT2D eigenvalue weighted by Crippen LogP contribution is 2.32. The smallest absolute Gasteiger partial charge is 0.267 e. The molecule has 0 spiro atoms. The van der Waals surface area contributed by atoms with E-state index in [1.165, 1.54) is 0 Å². The number of halogens is 1. The molecule has 2 amide bonds. The molecule has 7 heteroatoms.